The Bertz CT molecular complexity index is 2100. The first-order valence-corrected chi connectivity index (χ1v) is 12.8. The average molecular weight is 487 g/mol. The maximum atomic E-state index is 5.37. The summed E-state index contributed by atoms with van der Waals surface area (Å²) >= 11 is 0. The molecule has 0 bridgehead atoms. The molecule has 0 radical (unpaired) electrons. The summed E-state index contributed by atoms with van der Waals surface area (Å²) in [5, 5.41) is 3.36. The third kappa shape index (κ3) is 3.04. The third-order valence-corrected chi connectivity index (χ3v) is 7.37. The SMILES string of the molecule is c1ccc(-c2ccc(-n3c4cccnc4c4cc5c6ccccc6n(-c6ccccc6)c5nc43)cc2)cc1. The van der Waals surface area contributed by atoms with Crippen LogP contribution in [0.3, 0.4) is 0 Å². The molecule has 0 saturated carbocycles. The maximum Gasteiger partial charge on any atom is 0.149 e. The number of pyridine rings is 2. The highest BCUT2D eigenvalue weighted by molar-refractivity contribution is 6.15. The summed E-state index contributed by atoms with van der Waals surface area (Å²) in [4.78, 5) is 10.2. The summed E-state index contributed by atoms with van der Waals surface area (Å²) in [6.45, 7) is 0. The Morgan fingerprint density at radius 2 is 1.05 bits per heavy atom. The number of rotatable bonds is 3. The molecule has 0 fully saturated rings. The normalized spacial score (nSPS) is 11.7. The van der Waals surface area contributed by atoms with Gasteiger partial charge in [-0.25, -0.2) is 4.98 Å². The number of fused-ring (bicyclic) bond motifs is 6. The van der Waals surface area contributed by atoms with Crippen molar-refractivity contribution in [2.75, 3.05) is 0 Å². The molecular weight excluding hydrogens is 464 g/mol. The standard InChI is InChI=1S/C34H22N4/c1-3-10-23(11-4-1)24-17-19-26(20-18-24)38-31-16-9-21-35-32(31)29-22-28-27-14-7-8-15-30(27)37(33(28)36-34(29)38)25-12-5-2-6-13-25/h1-22H. The van der Waals surface area contributed by atoms with E-state index in [9.17, 15) is 0 Å². The first kappa shape index (κ1) is 20.9. The van der Waals surface area contributed by atoms with Gasteiger partial charge in [-0.1, -0.05) is 78.9 Å². The fourth-order valence-corrected chi connectivity index (χ4v) is 5.65. The molecule has 0 aliphatic heterocycles. The second-order valence-corrected chi connectivity index (χ2v) is 9.54. The molecule has 178 valence electrons. The van der Waals surface area contributed by atoms with E-state index in [-0.39, 0.29) is 0 Å². The summed E-state index contributed by atoms with van der Waals surface area (Å²) < 4.78 is 4.50. The summed E-state index contributed by atoms with van der Waals surface area (Å²) in [7, 11) is 0. The molecule has 0 amide bonds. The number of benzene rings is 4. The van der Waals surface area contributed by atoms with Gasteiger partial charge in [0.1, 0.15) is 11.3 Å². The van der Waals surface area contributed by atoms with Crippen molar-refractivity contribution in [3.05, 3.63) is 134 Å². The molecule has 0 aliphatic rings. The summed E-state index contributed by atoms with van der Waals surface area (Å²) in [6.07, 6.45) is 1.86. The fraction of sp³-hybridized carbons (Fsp3) is 0. The number of nitrogens with zero attached hydrogens (tertiary/aromatic N) is 4. The van der Waals surface area contributed by atoms with Gasteiger partial charge in [0.25, 0.3) is 0 Å². The zero-order chi connectivity index (χ0) is 25.1. The van der Waals surface area contributed by atoms with Gasteiger partial charge in [0.2, 0.25) is 0 Å². The summed E-state index contributed by atoms with van der Waals surface area (Å²) in [5.41, 5.74) is 9.54. The Balaban J connectivity index is 1.45. The van der Waals surface area contributed by atoms with Crippen molar-refractivity contribution >= 4 is 44.0 Å². The lowest BCUT2D eigenvalue weighted by Gasteiger charge is -2.10. The van der Waals surface area contributed by atoms with Gasteiger partial charge in [0, 0.05) is 33.7 Å². The summed E-state index contributed by atoms with van der Waals surface area (Å²) in [5.74, 6) is 0. The topological polar surface area (TPSA) is 35.6 Å². The highest BCUT2D eigenvalue weighted by Gasteiger charge is 2.20. The minimum atomic E-state index is 0.902. The molecule has 0 aliphatic carbocycles. The molecule has 4 heteroatoms. The summed E-state index contributed by atoms with van der Waals surface area (Å²) in [6, 6.07) is 44.6. The van der Waals surface area contributed by atoms with Crippen molar-refractivity contribution in [1.82, 2.24) is 19.1 Å². The van der Waals surface area contributed by atoms with Crippen LogP contribution in [-0.2, 0) is 0 Å². The Labute approximate surface area is 219 Å². The van der Waals surface area contributed by atoms with E-state index in [0.29, 0.717) is 0 Å². The van der Waals surface area contributed by atoms with E-state index in [1.165, 1.54) is 16.5 Å². The van der Waals surface area contributed by atoms with Crippen molar-refractivity contribution in [1.29, 1.82) is 0 Å². The average Bonchev–Trinajstić information content (AvgIpc) is 3.49. The van der Waals surface area contributed by atoms with Gasteiger partial charge in [-0.2, -0.15) is 0 Å². The molecule has 0 N–H and O–H groups in total. The van der Waals surface area contributed by atoms with Crippen molar-refractivity contribution < 1.29 is 0 Å². The van der Waals surface area contributed by atoms with Crippen molar-refractivity contribution in [3.8, 4) is 22.5 Å². The lowest BCUT2D eigenvalue weighted by Crippen LogP contribution is -1.98. The molecule has 4 heterocycles. The highest BCUT2D eigenvalue weighted by Crippen LogP contribution is 2.37. The Kier molecular flexibility index (Phi) is 4.49. The smallest absolute Gasteiger partial charge is 0.149 e. The van der Waals surface area contributed by atoms with Crippen molar-refractivity contribution in [2.24, 2.45) is 0 Å². The predicted molar refractivity (Wildman–Crippen MR) is 156 cm³/mol. The Hall–Kier alpha value is -5.22. The van der Waals surface area contributed by atoms with Gasteiger partial charge in [-0.05, 0) is 59.7 Å². The molecule has 4 nitrogen and oxygen atoms in total. The second kappa shape index (κ2) is 8.15. The zero-order valence-corrected chi connectivity index (χ0v) is 20.5. The number of hydrogen-bond donors (Lipinski definition) is 0. The van der Waals surface area contributed by atoms with Crippen molar-refractivity contribution in [3.63, 3.8) is 0 Å². The van der Waals surface area contributed by atoms with Crippen LogP contribution in [0.15, 0.2) is 134 Å². The van der Waals surface area contributed by atoms with Crippen LogP contribution < -0.4 is 0 Å². The quantitative estimate of drug-likeness (QED) is 0.252. The molecule has 38 heavy (non-hydrogen) atoms. The molecule has 4 aromatic heterocycles. The molecule has 8 aromatic rings. The third-order valence-electron chi connectivity index (χ3n) is 7.37. The number of para-hydroxylation sites is 2. The lowest BCUT2D eigenvalue weighted by atomic mass is 10.1. The van der Waals surface area contributed by atoms with E-state index in [1.807, 2.05) is 24.4 Å². The first-order valence-electron chi connectivity index (χ1n) is 12.8. The highest BCUT2D eigenvalue weighted by atomic mass is 15.1. The minimum absolute atomic E-state index is 0.902. The van der Waals surface area contributed by atoms with Crippen LogP contribution in [0.4, 0.5) is 0 Å². The van der Waals surface area contributed by atoms with Gasteiger partial charge < -0.3 is 0 Å². The first-order chi connectivity index (χ1) is 18.9. The second-order valence-electron chi connectivity index (χ2n) is 9.54. The van der Waals surface area contributed by atoms with Gasteiger partial charge in [0.05, 0.1) is 16.6 Å². The predicted octanol–water partition coefficient (Wildman–Crippen LogP) is 8.34. The van der Waals surface area contributed by atoms with Gasteiger partial charge >= 0.3 is 0 Å². The van der Waals surface area contributed by atoms with Gasteiger partial charge in [-0.15, -0.1) is 0 Å². The van der Waals surface area contributed by atoms with E-state index >= 15 is 0 Å². The van der Waals surface area contributed by atoms with Crippen LogP contribution in [0.25, 0.3) is 66.5 Å². The van der Waals surface area contributed by atoms with E-state index in [2.05, 4.69) is 118 Å². The van der Waals surface area contributed by atoms with Gasteiger partial charge in [0.15, 0.2) is 0 Å². The molecule has 4 aromatic carbocycles. The van der Waals surface area contributed by atoms with Crippen LogP contribution in [0.1, 0.15) is 0 Å². The van der Waals surface area contributed by atoms with Crippen LogP contribution in [0.5, 0.6) is 0 Å². The molecule has 8 rings (SSSR count). The molecule has 0 atom stereocenters. The minimum Gasteiger partial charge on any atom is -0.294 e. The van der Waals surface area contributed by atoms with Crippen LogP contribution >= 0.6 is 0 Å². The van der Waals surface area contributed by atoms with E-state index < -0.39 is 0 Å². The van der Waals surface area contributed by atoms with Crippen molar-refractivity contribution in [2.45, 2.75) is 0 Å². The van der Waals surface area contributed by atoms with E-state index in [1.54, 1.807) is 0 Å². The monoisotopic (exact) mass is 486 g/mol. The molecule has 0 saturated heterocycles. The largest absolute Gasteiger partial charge is 0.294 e. The maximum absolute atomic E-state index is 5.37. The number of aromatic nitrogens is 4. The molecule has 0 spiro atoms. The number of hydrogen-bond acceptors (Lipinski definition) is 2. The Morgan fingerprint density at radius 3 is 1.87 bits per heavy atom. The lowest BCUT2D eigenvalue weighted by molar-refractivity contribution is 1.11. The van der Waals surface area contributed by atoms with Crippen LogP contribution in [-0.4, -0.2) is 19.1 Å². The fourth-order valence-electron chi connectivity index (χ4n) is 5.65. The zero-order valence-electron chi connectivity index (χ0n) is 20.5. The van der Waals surface area contributed by atoms with Crippen LogP contribution in [0, 0.1) is 0 Å². The molecule has 0 unspecified atom stereocenters. The molecular formula is C34H22N4. The van der Waals surface area contributed by atoms with E-state index in [0.717, 1.165) is 50.0 Å². The van der Waals surface area contributed by atoms with Crippen LogP contribution in [0.2, 0.25) is 0 Å². The van der Waals surface area contributed by atoms with E-state index in [4.69, 9.17) is 9.97 Å². The van der Waals surface area contributed by atoms with Gasteiger partial charge in [-0.3, -0.25) is 14.1 Å². The Morgan fingerprint density at radius 1 is 0.447 bits per heavy atom.